The van der Waals surface area contributed by atoms with Crippen molar-refractivity contribution in [1.82, 2.24) is 0 Å². The van der Waals surface area contributed by atoms with Crippen LogP contribution >= 0.6 is 0 Å². The molecular weight excluding hydrogens is 100 g/mol. The van der Waals surface area contributed by atoms with E-state index in [2.05, 4.69) is 6.58 Å². The third kappa shape index (κ3) is 5.28. The molecule has 1 heteroatoms. The zero-order valence-electron chi connectivity index (χ0n) is 5.42. The van der Waals surface area contributed by atoms with Crippen molar-refractivity contribution in [3.63, 3.8) is 0 Å². The van der Waals surface area contributed by atoms with Gasteiger partial charge in [-0.1, -0.05) is 12.7 Å². The molecule has 46 valence electrons. The molecule has 0 radical (unpaired) electrons. The van der Waals surface area contributed by atoms with E-state index in [9.17, 15) is 0 Å². The fraction of sp³-hybridized carbons (Fsp3) is 0.429. The predicted molar refractivity (Wildman–Crippen MR) is 35.6 cm³/mol. The summed E-state index contributed by atoms with van der Waals surface area (Å²) in [7, 11) is 0. The maximum absolute atomic E-state index is 5.03. The fourth-order valence-electron chi connectivity index (χ4n) is 0.258. The molecule has 0 saturated carbocycles. The molecule has 0 heterocycles. The highest BCUT2D eigenvalue weighted by Gasteiger charge is 1.82. The molecule has 0 aliphatic carbocycles. The third-order valence-corrected chi connectivity index (χ3v) is 0.565. The maximum atomic E-state index is 5.03. The molecule has 0 aromatic carbocycles. The highest BCUT2D eigenvalue weighted by Crippen LogP contribution is 1.87. The lowest BCUT2D eigenvalue weighted by Gasteiger charge is -2.00. The molecule has 0 fully saturated rings. The van der Waals surface area contributed by atoms with Gasteiger partial charge in [0.2, 0.25) is 0 Å². The Labute approximate surface area is 50.7 Å². The largest absolute Gasteiger partial charge is 0.499 e. The minimum absolute atomic E-state index is 0.270. The molecule has 8 heavy (non-hydrogen) atoms. The van der Waals surface area contributed by atoms with Gasteiger partial charge >= 0.3 is 0 Å². The summed E-state index contributed by atoms with van der Waals surface area (Å²) in [4.78, 5) is 0. The van der Waals surface area contributed by atoms with Gasteiger partial charge in [0, 0.05) is 0 Å². The Morgan fingerprint density at radius 3 is 2.50 bits per heavy atom. The first-order chi connectivity index (χ1) is 3.77. The zero-order chi connectivity index (χ0) is 6.41. The SMILES string of the molecule is C=C/C=C/OC(C)C. The van der Waals surface area contributed by atoms with Crippen LogP contribution in [0.3, 0.4) is 0 Å². The van der Waals surface area contributed by atoms with E-state index in [0.29, 0.717) is 0 Å². The van der Waals surface area contributed by atoms with Crippen molar-refractivity contribution in [2.75, 3.05) is 0 Å². The molecule has 0 atom stereocenters. The summed E-state index contributed by atoms with van der Waals surface area (Å²) in [5, 5.41) is 0. The van der Waals surface area contributed by atoms with Crippen LogP contribution in [0, 0.1) is 0 Å². The average molecular weight is 112 g/mol. The minimum atomic E-state index is 0.270. The molecule has 0 saturated heterocycles. The van der Waals surface area contributed by atoms with Crippen LogP contribution in [-0.4, -0.2) is 6.10 Å². The predicted octanol–water partition coefficient (Wildman–Crippen LogP) is 2.11. The van der Waals surface area contributed by atoms with Crippen molar-refractivity contribution in [3.05, 3.63) is 25.0 Å². The fourth-order valence-corrected chi connectivity index (χ4v) is 0.258. The molecule has 0 unspecified atom stereocenters. The Morgan fingerprint density at radius 2 is 2.12 bits per heavy atom. The number of rotatable bonds is 3. The second-order valence-corrected chi connectivity index (χ2v) is 1.75. The highest BCUT2D eigenvalue weighted by atomic mass is 16.5. The van der Waals surface area contributed by atoms with Gasteiger partial charge in [0.1, 0.15) is 0 Å². The van der Waals surface area contributed by atoms with E-state index < -0.39 is 0 Å². The van der Waals surface area contributed by atoms with Crippen LogP contribution in [0.15, 0.2) is 25.0 Å². The van der Waals surface area contributed by atoms with Crippen molar-refractivity contribution < 1.29 is 4.74 Å². The molecule has 0 aliphatic rings. The summed E-state index contributed by atoms with van der Waals surface area (Å²) in [6.45, 7) is 7.45. The topological polar surface area (TPSA) is 9.23 Å². The normalized spacial score (nSPS) is 10.4. The summed E-state index contributed by atoms with van der Waals surface area (Å²) in [6.07, 6.45) is 5.35. The van der Waals surface area contributed by atoms with Gasteiger partial charge in [0.15, 0.2) is 0 Å². The Bertz CT molecular complexity index is 82.4. The lowest BCUT2D eigenvalue weighted by atomic mass is 10.5. The van der Waals surface area contributed by atoms with Crippen LogP contribution in [-0.2, 0) is 4.74 Å². The average Bonchev–Trinajstić information content (AvgIpc) is 1.66. The van der Waals surface area contributed by atoms with Gasteiger partial charge in [-0.15, -0.1) is 0 Å². The monoisotopic (exact) mass is 112 g/mol. The Kier molecular flexibility index (Phi) is 4.04. The van der Waals surface area contributed by atoms with Crippen molar-refractivity contribution in [2.45, 2.75) is 20.0 Å². The van der Waals surface area contributed by atoms with Crippen molar-refractivity contribution in [3.8, 4) is 0 Å². The Hall–Kier alpha value is -0.720. The Balaban J connectivity index is 3.15. The number of ether oxygens (including phenoxy) is 1. The summed E-state index contributed by atoms with van der Waals surface area (Å²) in [6, 6.07) is 0. The van der Waals surface area contributed by atoms with E-state index >= 15 is 0 Å². The first kappa shape index (κ1) is 7.28. The molecule has 0 aromatic heterocycles. The molecule has 1 nitrogen and oxygen atoms in total. The van der Waals surface area contributed by atoms with Gasteiger partial charge in [0.05, 0.1) is 12.4 Å². The van der Waals surface area contributed by atoms with E-state index in [-0.39, 0.29) is 6.10 Å². The van der Waals surface area contributed by atoms with Gasteiger partial charge in [-0.2, -0.15) is 0 Å². The van der Waals surface area contributed by atoms with Crippen LogP contribution in [0.25, 0.3) is 0 Å². The summed E-state index contributed by atoms with van der Waals surface area (Å²) in [5.74, 6) is 0. The summed E-state index contributed by atoms with van der Waals surface area (Å²) in [5.41, 5.74) is 0. The molecule has 0 rings (SSSR count). The molecule has 0 N–H and O–H groups in total. The van der Waals surface area contributed by atoms with Crippen LogP contribution in [0.4, 0.5) is 0 Å². The standard InChI is InChI=1S/C7H12O/c1-4-5-6-8-7(2)3/h4-7H,1H2,2-3H3/b6-5+. The van der Waals surface area contributed by atoms with Crippen molar-refractivity contribution in [2.24, 2.45) is 0 Å². The maximum Gasteiger partial charge on any atom is 0.0922 e. The Morgan fingerprint density at radius 1 is 1.50 bits per heavy atom. The first-order valence-electron chi connectivity index (χ1n) is 2.70. The van der Waals surface area contributed by atoms with Crippen molar-refractivity contribution >= 4 is 0 Å². The molecule has 0 spiro atoms. The molecular formula is C7H12O. The van der Waals surface area contributed by atoms with Crippen LogP contribution in [0.2, 0.25) is 0 Å². The lowest BCUT2D eigenvalue weighted by Crippen LogP contribution is -1.93. The van der Waals surface area contributed by atoms with Crippen LogP contribution in [0.1, 0.15) is 13.8 Å². The minimum Gasteiger partial charge on any atom is -0.499 e. The van der Waals surface area contributed by atoms with E-state index in [1.54, 1.807) is 18.4 Å². The van der Waals surface area contributed by atoms with Gasteiger partial charge in [0.25, 0.3) is 0 Å². The first-order valence-corrected chi connectivity index (χ1v) is 2.70. The number of hydrogen-bond donors (Lipinski definition) is 0. The van der Waals surface area contributed by atoms with Crippen molar-refractivity contribution in [1.29, 1.82) is 0 Å². The van der Waals surface area contributed by atoms with E-state index in [1.807, 2.05) is 13.8 Å². The van der Waals surface area contributed by atoms with Crippen LogP contribution < -0.4 is 0 Å². The molecule has 0 bridgehead atoms. The lowest BCUT2D eigenvalue weighted by molar-refractivity contribution is 0.179. The van der Waals surface area contributed by atoms with Gasteiger partial charge < -0.3 is 4.74 Å². The number of hydrogen-bond acceptors (Lipinski definition) is 1. The second-order valence-electron chi connectivity index (χ2n) is 1.75. The van der Waals surface area contributed by atoms with Gasteiger partial charge in [-0.25, -0.2) is 0 Å². The molecule has 0 aromatic rings. The molecule has 0 aliphatic heterocycles. The number of allylic oxidation sites excluding steroid dienone is 2. The quantitative estimate of drug-likeness (QED) is 0.401. The third-order valence-electron chi connectivity index (χ3n) is 0.565. The molecule has 0 amide bonds. The van der Waals surface area contributed by atoms with E-state index in [0.717, 1.165) is 0 Å². The van der Waals surface area contributed by atoms with E-state index in [4.69, 9.17) is 4.74 Å². The van der Waals surface area contributed by atoms with E-state index in [1.165, 1.54) is 0 Å². The van der Waals surface area contributed by atoms with Gasteiger partial charge in [-0.3, -0.25) is 0 Å². The summed E-state index contributed by atoms with van der Waals surface area (Å²) >= 11 is 0. The summed E-state index contributed by atoms with van der Waals surface area (Å²) < 4.78 is 5.03. The van der Waals surface area contributed by atoms with Gasteiger partial charge in [-0.05, 0) is 19.9 Å². The zero-order valence-corrected chi connectivity index (χ0v) is 5.42. The smallest absolute Gasteiger partial charge is 0.0922 e. The second kappa shape index (κ2) is 4.44. The van der Waals surface area contributed by atoms with Crippen LogP contribution in [0.5, 0.6) is 0 Å². The highest BCUT2D eigenvalue weighted by molar-refractivity contribution is 4.92.